The highest BCUT2D eigenvalue weighted by Crippen LogP contribution is 2.50. The van der Waals surface area contributed by atoms with Crippen LogP contribution in [0.3, 0.4) is 0 Å². The minimum atomic E-state index is -0.512. The van der Waals surface area contributed by atoms with Crippen LogP contribution in [0.4, 0.5) is 0 Å². The Hall–Kier alpha value is -2.41. The molecule has 28 heavy (non-hydrogen) atoms. The largest absolute Gasteiger partial charge is 0.466 e. The molecule has 0 unspecified atom stereocenters. The lowest BCUT2D eigenvalue weighted by molar-refractivity contribution is -0.158. The van der Waals surface area contributed by atoms with E-state index in [4.69, 9.17) is 9.84 Å². The van der Waals surface area contributed by atoms with Gasteiger partial charge in [-0.05, 0) is 24.3 Å². The monoisotopic (exact) mass is 440 g/mol. The second-order valence-electron chi connectivity index (χ2n) is 7.59. The molecule has 1 spiro atoms. The number of hydrazone groups is 1. The fourth-order valence-electron chi connectivity index (χ4n) is 4.46. The van der Waals surface area contributed by atoms with Crippen LogP contribution < -0.4 is 4.74 Å². The Morgan fingerprint density at radius 1 is 1.29 bits per heavy atom. The maximum absolute atomic E-state index is 11.8. The van der Waals surface area contributed by atoms with Gasteiger partial charge >= 0.3 is 0 Å². The van der Waals surface area contributed by atoms with E-state index in [1.807, 2.05) is 29.3 Å². The van der Waals surface area contributed by atoms with Crippen LogP contribution in [0.5, 0.6) is 5.75 Å². The molecule has 6 nitrogen and oxygen atoms in total. The maximum atomic E-state index is 11.8. The van der Waals surface area contributed by atoms with Gasteiger partial charge in [-0.3, -0.25) is 9.78 Å². The number of benzene rings is 1. The normalized spacial score (nSPS) is 22.4. The minimum Gasteiger partial charge on any atom is -0.466 e. The van der Waals surface area contributed by atoms with Crippen molar-refractivity contribution in [2.75, 3.05) is 13.1 Å². The van der Waals surface area contributed by atoms with Crippen molar-refractivity contribution >= 4 is 27.5 Å². The summed E-state index contributed by atoms with van der Waals surface area (Å²) >= 11 is 3.59. The Kier molecular flexibility index (Phi) is 4.16. The van der Waals surface area contributed by atoms with E-state index < -0.39 is 5.72 Å². The summed E-state index contributed by atoms with van der Waals surface area (Å²) in [6.45, 7) is 2.99. The summed E-state index contributed by atoms with van der Waals surface area (Å²) in [5.74, 6) is 1.04. The number of carbonyl (C=O) groups excluding carboxylic acids is 1. The number of hydrogen-bond donors (Lipinski definition) is 0. The third-order valence-electron chi connectivity index (χ3n) is 5.94. The number of ether oxygens (including phenoxy) is 1. The number of carbonyl (C=O) groups is 1. The van der Waals surface area contributed by atoms with Crippen LogP contribution in [0.25, 0.3) is 0 Å². The van der Waals surface area contributed by atoms with E-state index in [2.05, 4.69) is 38.1 Å². The van der Waals surface area contributed by atoms with Crippen LogP contribution in [0.1, 0.15) is 43.4 Å². The van der Waals surface area contributed by atoms with Crippen molar-refractivity contribution in [2.24, 2.45) is 5.10 Å². The number of hydrogen-bond acceptors (Lipinski definition) is 5. The Bertz CT molecular complexity index is 954. The molecule has 5 rings (SSSR count). The van der Waals surface area contributed by atoms with Crippen molar-refractivity contribution in [3.05, 3.63) is 58.3 Å². The van der Waals surface area contributed by atoms with Crippen LogP contribution in [0, 0.1) is 0 Å². The van der Waals surface area contributed by atoms with E-state index in [-0.39, 0.29) is 11.9 Å². The van der Waals surface area contributed by atoms with Crippen LogP contribution in [-0.2, 0) is 4.79 Å². The molecule has 3 aliphatic heterocycles. The molecule has 2 aromatic rings. The first kappa shape index (κ1) is 17.7. The van der Waals surface area contributed by atoms with E-state index >= 15 is 0 Å². The summed E-state index contributed by atoms with van der Waals surface area (Å²) in [6.07, 6.45) is 5.94. The van der Waals surface area contributed by atoms with Gasteiger partial charge in [-0.25, -0.2) is 5.01 Å². The average molecular weight is 441 g/mol. The Balaban J connectivity index is 1.56. The quantitative estimate of drug-likeness (QED) is 0.677. The molecule has 0 N–H and O–H groups in total. The summed E-state index contributed by atoms with van der Waals surface area (Å²) < 4.78 is 7.62. The van der Waals surface area contributed by atoms with E-state index in [9.17, 15) is 4.79 Å². The molecule has 1 aromatic carbocycles. The average Bonchev–Trinajstić information content (AvgIpc) is 3.17. The van der Waals surface area contributed by atoms with Gasteiger partial charge in [-0.1, -0.05) is 22.0 Å². The lowest BCUT2D eigenvalue weighted by Crippen LogP contribution is -2.59. The number of amides is 1. The molecule has 4 heterocycles. The molecule has 0 aliphatic carbocycles. The summed E-state index contributed by atoms with van der Waals surface area (Å²) in [4.78, 5) is 18.0. The molecule has 1 atom stereocenters. The molecular weight excluding hydrogens is 420 g/mol. The molecule has 7 heteroatoms. The van der Waals surface area contributed by atoms with Crippen LogP contribution >= 0.6 is 15.9 Å². The maximum Gasteiger partial charge on any atom is 0.219 e. The van der Waals surface area contributed by atoms with Gasteiger partial charge in [0.1, 0.15) is 5.75 Å². The molecule has 1 saturated heterocycles. The van der Waals surface area contributed by atoms with E-state index in [1.54, 1.807) is 13.1 Å². The van der Waals surface area contributed by atoms with Gasteiger partial charge in [-0.2, -0.15) is 5.10 Å². The third kappa shape index (κ3) is 2.80. The van der Waals surface area contributed by atoms with Crippen molar-refractivity contribution < 1.29 is 9.53 Å². The lowest BCUT2D eigenvalue weighted by Gasteiger charge is -2.51. The SMILES string of the molecule is CC(=O)N1CCC2(CC1)Oc1ccc(Br)cc1[C@H]1CC(c3cccnc3)=NN12. The van der Waals surface area contributed by atoms with E-state index in [0.29, 0.717) is 13.1 Å². The van der Waals surface area contributed by atoms with Gasteiger partial charge in [0, 0.05) is 67.3 Å². The molecular formula is C21H21BrN4O2. The highest BCUT2D eigenvalue weighted by atomic mass is 79.9. The molecule has 1 amide bonds. The summed E-state index contributed by atoms with van der Waals surface area (Å²) in [7, 11) is 0. The summed E-state index contributed by atoms with van der Waals surface area (Å²) in [5, 5.41) is 7.18. The van der Waals surface area contributed by atoms with Gasteiger partial charge in [0.15, 0.2) is 0 Å². The minimum absolute atomic E-state index is 0.118. The van der Waals surface area contributed by atoms with Crippen molar-refractivity contribution in [2.45, 2.75) is 38.0 Å². The Morgan fingerprint density at radius 2 is 2.11 bits per heavy atom. The second kappa shape index (κ2) is 6.58. The fraction of sp³-hybridized carbons (Fsp3) is 0.381. The lowest BCUT2D eigenvalue weighted by atomic mass is 9.91. The van der Waals surface area contributed by atoms with Gasteiger partial charge in [0.25, 0.3) is 0 Å². The molecule has 1 aromatic heterocycles. The molecule has 0 radical (unpaired) electrons. The molecule has 0 bridgehead atoms. The predicted molar refractivity (Wildman–Crippen MR) is 109 cm³/mol. The van der Waals surface area contributed by atoms with Crippen molar-refractivity contribution in [3.8, 4) is 5.75 Å². The number of likely N-dealkylation sites (tertiary alicyclic amines) is 1. The molecule has 1 fully saturated rings. The molecule has 0 saturated carbocycles. The Labute approximate surface area is 172 Å². The zero-order chi connectivity index (χ0) is 19.3. The van der Waals surface area contributed by atoms with Crippen molar-refractivity contribution in [3.63, 3.8) is 0 Å². The number of aromatic nitrogens is 1. The molecule has 3 aliphatic rings. The van der Waals surface area contributed by atoms with E-state index in [1.165, 1.54) is 0 Å². The number of halogens is 1. The summed E-state index contributed by atoms with van der Waals surface area (Å²) in [6, 6.07) is 10.3. The highest BCUT2D eigenvalue weighted by Gasteiger charge is 2.52. The third-order valence-corrected chi connectivity index (χ3v) is 6.44. The van der Waals surface area contributed by atoms with Crippen molar-refractivity contribution in [1.29, 1.82) is 0 Å². The van der Waals surface area contributed by atoms with Gasteiger partial charge in [0.05, 0.1) is 11.8 Å². The highest BCUT2D eigenvalue weighted by molar-refractivity contribution is 9.10. The number of nitrogens with zero attached hydrogens (tertiary/aromatic N) is 4. The first-order valence-corrected chi connectivity index (χ1v) is 10.4. The first-order valence-electron chi connectivity index (χ1n) is 9.57. The Morgan fingerprint density at radius 3 is 2.82 bits per heavy atom. The standard InChI is InChI=1S/C21H21BrN4O2/c1-14(27)25-9-6-21(7-10-25)26-19(17-11-16(22)4-5-20(17)28-21)12-18(24-26)15-3-2-8-23-13-15/h2-5,8,11,13,19H,6-7,9-10,12H2,1H3/t19-/m1/s1. The van der Waals surface area contributed by atoms with E-state index in [0.717, 1.165) is 46.3 Å². The summed E-state index contributed by atoms with van der Waals surface area (Å²) in [5.41, 5.74) is 2.71. The van der Waals surface area contributed by atoms with Crippen LogP contribution in [-0.4, -0.2) is 45.3 Å². The van der Waals surface area contributed by atoms with Gasteiger partial charge < -0.3 is 9.64 Å². The molecule has 144 valence electrons. The first-order chi connectivity index (χ1) is 13.6. The van der Waals surface area contributed by atoms with Crippen LogP contribution in [0.15, 0.2) is 52.3 Å². The number of piperidine rings is 1. The van der Waals surface area contributed by atoms with Crippen LogP contribution in [0.2, 0.25) is 0 Å². The number of pyridine rings is 1. The number of rotatable bonds is 1. The zero-order valence-corrected chi connectivity index (χ0v) is 17.2. The van der Waals surface area contributed by atoms with Gasteiger partial charge in [0.2, 0.25) is 11.6 Å². The zero-order valence-electron chi connectivity index (χ0n) is 15.6. The predicted octanol–water partition coefficient (Wildman–Crippen LogP) is 3.73. The van der Waals surface area contributed by atoms with Gasteiger partial charge in [-0.15, -0.1) is 0 Å². The second-order valence-corrected chi connectivity index (χ2v) is 8.51. The fourth-order valence-corrected chi connectivity index (χ4v) is 4.84. The smallest absolute Gasteiger partial charge is 0.219 e. The number of fused-ring (bicyclic) bond motifs is 4. The topological polar surface area (TPSA) is 58.0 Å². The van der Waals surface area contributed by atoms with Crippen molar-refractivity contribution in [1.82, 2.24) is 14.9 Å².